The van der Waals surface area contributed by atoms with Crippen LogP contribution in [0.1, 0.15) is 16.1 Å². The van der Waals surface area contributed by atoms with E-state index in [0.29, 0.717) is 17.7 Å². The Morgan fingerprint density at radius 2 is 2.06 bits per heavy atom. The van der Waals surface area contributed by atoms with Crippen LogP contribution in [0.4, 0.5) is 4.39 Å². The predicted molar refractivity (Wildman–Crippen MR) is 58.6 cm³/mol. The third kappa shape index (κ3) is 2.50. The molecule has 1 aromatic heterocycles. The van der Waals surface area contributed by atoms with Crippen molar-refractivity contribution in [1.82, 2.24) is 5.16 Å². The number of halogens is 1. The number of hydrogen-bond donors (Lipinski definition) is 1. The predicted octanol–water partition coefficient (Wildman–Crippen LogP) is 2.55. The Hall–Kier alpha value is -2.17. The van der Waals surface area contributed by atoms with E-state index < -0.39 is 12.6 Å². The van der Waals surface area contributed by atoms with Crippen molar-refractivity contribution in [1.29, 1.82) is 0 Å². The Kier molecular flexibility index (Phi) is 3.18. The number of benzene rings is 1. The summed E-state index contributed by atoms with van der Waals surface area (Å²) in [5.41, 5.74) is 1.47. The number of nitrogens with zero attached hydrogens (tertiary/aromatic N) is 1. The molecule has 4 nitrogen and oxygen atoms in total. The van der Waals surface area contributed by atoms with Gasteiger partial charge in [0.2, 0.25) is 0 Å². The van der Waals surface area contributed by atoms with Crippen LogP contribution in [0.2, 0.25) is 0 Å². The summed E-state index contributed by atoms with van der Waals surface area (Å²) in [6.07, 6.45) is 0.372. The number of carbonyl (C=O) groups is 1. The third-order valence-corrected chi connectivity index (χ3v) is 2.35. The van der Waals surface area contributed by atoms with Crippen LogP contribution in [-0.2, 0) is 6.42 Å². The van der Waals surface area contributed by atoms with Crippen LogP contribution >= 0.6 is 0 Å². The Balaban J connectivity index is 2.23. The Morgan fingerprint density at radius 3 is 2.59 bits per heavy atom. The van der Waals surface area contributed by atoms with Crippen molar-refractivity contribution in [2.24, 2.45) is 0 Å². The average molecular weight is 235 g/mol. The van der Waals surface area contributed by atoms with E-state index >= 15 is 0 Å². The molecule has 1 aromatic carbocycles. The second-order valence-corrected chi connectivity index (χ2v) is 3.52. The first kappa shape index (κ1) is 11.3. The van der Waals surface area contributed by atoms with E-state index in [1.165, 1.54) is 6.07 Å². The molecule has 0 bridgehead atoms. The van der Waals surface area contributed by atoms with Crippen LogP contribution in [0.25, 0.3) is 11.3 Å². The minimum absolute atomic E-state index is 0.132. The maximum absolute atomic E-state index is 12.1. The first-order chi connectivity index (χ1) is 8.20. The molecule has 0 saturated carbocycles. The molecule has 88 valence electrons. The molecule has 17 heavy (non-hydrogen) atoms. The fourth-order valence-electron chi connectivity index (χ4n) is 1.46. The zero-order chi connectivity index (χ0) is 12.3. The van der Waals surface area contributed by atoms with Gasteiger partial charge < -0.3 is 9.63 Å². The molecule has 0 aliphatic rings. The summed E-state index contributed by atoms with van der Waals surface area (Å²) in [4.78, 5) is 10.6. The van der Waals surface area contributed by atoms with E-state index in [2.05, 4.69) is 5.16 Å². The highest BCUT2D eigenvalue weighted by molar-refractivity contribution is 5.86. The SMILES string of the molecule is O=C(O)c1cc(-c2ccc(CCF)cc2)on1. The number of aromatic nitrogens is 1. The molecule has 0 spiro atoms. The summed E-state index contributed by atoms with van der Waals surface area (Å²) in [6.45, 7) is -0.398. The maximum atomic E-state index is 12.1. The Morgan fingerprint density at radius 1 is 1.35 bits per heavy atom. The smallest absolute Gasteiger partial charge is 0.358 e. The lowest BCUT2D eigenvalue weighted by atomic mass is 10.1. The van der Waals surface area contributed by atoms with Crippen molar-refractivity contribution in [3.05, 3.63) is 41.6 Å². The normalized spacial score (nSPS) is 10.4. The highest BCUT2D eigenvalue weighted by atomic mass is 19.1. The van der Waals surface area contributed by atoms with Gasteiger partial charge in [-0.1, -0.05) is 29.4 Å². The number of alkyl halides is 1. The van der Waals surface area contributed by atoms with E-state index in [1.807, 2.05) is 0 Å². The molecule has 2 aromatic rings. The van der Waals surface area contributed by atoms with Crippen LogP contribution in [0.15, 0.2) is 34.9 Å². The molecular weight excluding hydrogens is 225 g/mol. The lowest BCUT2D eigenvalue weighted by Gasteiger charge is -1.98. The molecule has 0 fully saturated rings. The van der Waals surface area contributed by atoms with Gasteiger partial charge in [-0.3, -0.25) is 4.39 Å². The zero-order valence-electron chi connectivity index (χ0n) is 8.89. The number of aromatic carboxylic acids is 1. The average Bonchev–Trinajstić information content (AvgIpc) is 2.80. The van der Waals surface area contributed by atoms with E-state index in [0.717, 1.165) is 5.56 Å². The molecule has 0 radical (unpaired) electrons. The Labute approximate surface area is 96.7 Å². The summed E-state index contributed by atoms with van der Waals surface area (Å²) in [5.74, 6) is -0.747. The first-order valence-electron chi connectivity index (χ1n) is 5.06. The van der Waals surface area contributed by atoms with E-state index in [1.54, 1.807) is 24.3 Å². The molecular formula is C12H10FNO3. The molecule has 0 saturated heterocycles. The van der Waals surface area contributed by atoms with Gasteiger partial charge in [-0.2, -0.15) is 0 Å². The van der Waals surface area contributed by atoms with E-state index in [-0.39, 0.29) is 5.69 Å². The van der Waals surface area contributed by atoms with Gasteiger partial charge in [0.25, 0.3) is 0 Å². The number of carboxylic acid groups (broad SMARTS) is 1. The number of carboxylic acids is 1. The summed E-state index contributed by atoms with van der Waals surface area (Å²) in [6, 6.07) is 8.40. The number of hydrogen-bond acceptors (Lipinski definition) is 3. The van der Waals surface area contributed by atoms with Crippen LogP contribution in [0.5, 0.6) is 0 Å². The minimum Gasteiger partial charge on any atom is -0.476 e. The minimum atomic E-state index is -1.13. The van der Waals surface area contributed by atoms with Crippen LogP contribution in [-0.4, -0.2) is 22.9 Å². The third-order valence-electron chi connectivity index (χ3n) is 2.35. The highest BCUT2D eigenvalue weighted by Crippen LogP contribution is 2.21. The van der Waals surface area contributed by atoms with Gasteiger partial charge in [0.1, 0.15) is 0 Å². The fourth-order valence-corrected chi connectivity index (χ4v) is 1.46. The molecule has 0 unspecified atom stereocenters. The van der Waals surface area contributed by atoms with Gasteiger partial charge in [0.15, 0.2) is 11.5 Å². The van der Waals surface area contributed by atoms with Gasteiger partial charge in [-0.15, -0.1) is 0 Å². The fraction of sp³-hybridized carbons (Fsp3) is 0.167. The molecule has 1 heterocycles. The lowest BCUT2D eigenvalue weighted by Crippen LogP contribution is -1.94. The van der Waals surface area contributed by atoms with Crippen LogP contribution in [0.3, 0.4) is 0 Å². The molecule has 5 heteroatoms. The van der Waals surface area contributed by atoms with Crippen molar-refractivity contribution in [2.75, 3.05) is 6.67 Å². The molecule has 0 aliphatic heterocycles. The summed E-state index contributed by atoms with van der Waals surface area (Å²) in [7, 11) is 0. The molecule has 0 amide bonds. The highest BCUT2D eigenvalue weighted by Gasteiger charge is 2.11. The number of rotatable bonds is 4. The molecule has 0 aliphatic carbocycles. The number of aryl methyl sites for hydroxylation is 1. The van der Waals surface area contributed by atoms with Gasteiger partial charge in [0.05, 0.1) is 6.67 Å². The van der Waals surface area contributed by atoms with Crippen LogP contribution < -0.4 is 0 Å². The monoisotopic (exact) mass is 235 g/mol. The Bertz CT molecular complexity index is 519. The van der Waals surface area contributed by atoms with Crippen molar-refractivity contribution in [3.8, 4) is 11.3 Å². The van der Waals surface area contributed by atoms with Crippen molar-refractivity contribution in [2.45, 2.75) is 6.42 Å². The van der Waals surface area contributed by atoms with E-state index in [9.17, 15) is 9.18 Å². The van der Waals surface area contributed by atoms with Gasteiger partial charge >= 0.3 is 5.97 Å². The van der Waals surface area contributed by atoms with Crippen molar-refractivity contribution < 1.29 is 18.8 Å². The first-order valence-corrected chi connectivity index (χ1v) is 5.06. The summed E-state index contributed by atoms with van der Waals surface area (Å²) in [5, 5.41) is 12.1. The van der Waals surface area contributed by atoms with E-state index in [4.69, 9.17) is 9.63 Å². The second kappa shape index (κ2) is 4.78. The van der Waals surface area contributed by atoms with Gasteiger partial charge in [-0.25, -0.2) is 4.79 Å². The molecule has 1 N–H and O–H groups in total. The summed E-state index contributed by atoms with van der Waals surface area (Å²) >= 11 is 0. The van der Waals surface area contributed by atoms with Crippen molar-refractivity contribution in [3.63, 3.8) is 0 Å². The van der Waals surface area contributed by atoms with Crippen LogP contribution in [0, 0.1) is 0 Å². The van der Waals surface area contributed by atoms with Gasteiger partial charge in [0, 0.05) is 18.1 Å². The standard InChI is InChI=1S/C12H10FNO3/c13-6-5-8-1-3-9(4-2-8)11-7-10(12(15)16)14-17-11/h1-4,7H,5-6H2,(H,15,16). The molecule has 0 atom stereocenters. The molecule has 2 rings (SSSR count). The summed E-state index contributed by atoms with van der Waals surface area (Å²) < 4.78 is 17.0. The quantitative estimate of drug-likeness (QED) is 0.884. The second-order valence-electron chi connectivity index (χ2n) is 3.52. The van der Waals surface area contributed by atoms with Gasteiger partial charge in [-0.05, 0) is 5.56 Å². The maximum Gasteiger partial charge on any atom is 0.358 e. The lowest BCUT2D eigenvalue weighted by molar-refractivity contribution is 0.0686. The largest absolute Gasteiger partial charge is 0.476 e. The zero-order valence-corrected chi connectivity index (χ0v) is 8.89. The topological polar surface area (TPSA) is 63.3 Å². The van der Waals surface area contributed by atoms with Crippen molar-refractivity contribution >= 4 is 5.97 Å².